The minimum Gasteiger partial charge on any atom is -0.213 e. The third-order valence-corrected chi connectivity index (χ3v) is 8.39. The molecule has 0 radical (unpaired) electrons. The van der Waals surface area contributed by atoms with Gasteiger partial charge < -0.3 is 0 Å². The standard InChI is InChI=1S/C22H18F12N2/c1-16(13-5-3-2-4-6-13)10-17(19(23,24)25,20(26,27)28)35-15-12-8-7-11(9-12)14(15)18(36(16)35,21(29,30)31)22(32,33)34/h2-8,11-12,14-15H,9-10H2,1H3/t11-,12+,14+,15-,16-/m0/s1. The number of hydrogen-bond acceptors (Lipinski definition) is 2. The quantitative estimate of drug-likeness (QED) is 0.288. The zero-order chi connectivity index (χ0) is 26.9. The van der Waals surface area contributed by atoms with Crippen LogP contribution < -0.4 is 0 Å². The predicted molar refractivity (Wildman–Crippen MR) is 99.8 cm³/mol. The number of hydrogen-bond donors (Lipinski definition) is 0. The van der Waals surface area contributed by atoms with E-state index in [0.29, 0.717) is 6.92 Å². The van der Waals surface area contributed by atoms with Crippen molar-refractivity contribution in [1.82, 2.24) is 10.0 Å². The van der Waals surface area contributed by atoms with E-state index in [4.69, 9.17) is 0 Å². The largest absolute Gasteiger partial charge is 0.417 e. The maximum absolute atomic E-state index is 14.8. The molecule has 3 fully saturated rings. The zero-order valence-electron chi connectivity index (χ0n) is 18.2. The summed E-state index contributed by atoms with van der Waals surface area (Å²) in [6.45, 7) is 0.594. The number of benzene rings is 1. The number of hydrazine groups is 1. The van der Waals surface area contributed by atoms with Gasteiger partial charge >= 0.3 is 24.7 Å². The number of fused-ring (bicyclic) bond motifs is 7. The first-order chi connectivity index (χ1) is 16.3. The normalized spacial score (nSPS) is 35.9. The molecule has 0 amide bonds. The molecular weight excluding hydrogens is 520 g/mol. The maximum atomic E-state index is 14.8. The predicted octanol–water partition coefficient (Wildman–Crippen LogP) is 6.76. The molecular formula is C22H18F12N2. The summed E-state index contributed by atoms with van der Waals surface area (Å²) in [4.78, 5) is 0. The van der Waals surface area contributed by atoms with Gasteiger partial charge in [-0.2, -0.15) is 52.7 Å². The Bertz CT molecular complexity index is 1040. The Morgan fingerprint density at radius 3 is 1.69 bits per heavy atom. The minimum atomic E-state index is -6.26. The molecule has 2 heterocycles. The highest BCUT2D eigenvalue weighted by molar-refractivity contribution is 5.38. The fraction of sp³-hybridized carbons (Fsp3) is 0.636. The second kappa shape index (κ2) is 6.91. The molecule has 5 rings (SSSR count). The molecule has 4 aliphatic rings. The minimum absolute atomic E-state index is 0.401. The van der Waals surface area contributed by atoms with E-state index < -0.39 is 93.5 Å². The smallest absolute Gasteiger partial charge is 0.213 e. The van der Waals surface area contributed by atoms with E-state index in [1.54, 1.807) is 0 Å². The molecule has 5 atom stereocenters. The van der Waals surface area contributed by atoms with Gasteiger partial charge in [-0.25, -0.2) is 10.0 Å². The molecule has 200 valence electrons. The number of halogens is 12. The van der Waals surface area contributed by atoms with E-state index >= 15 is 0 Å². The van der Waals surface area contributed by atoms with Crippen molar-refractivity contribution in [2.45, 2.75) is 67.1 Å². The number of nitrogens with zero attached hydrogens (tertiary/aromatic N) is 2. The summed E-state index contributed by atoms with van der Waals surface area (Å²) >= 11 is 0. The summed E-state index contributed by atoms with van der Waals surface area (Å²) in [6, 6.07) is 3.13. The molecule has 1 aromatic rings. The van der Waals surface area contributed by atoms with E-state index in [2.05, 4.69) is 0 Å². The fourth-order valence-corrected chi connectivity index (χ4v) is 7.26. The van der Waals surface area contributed by atoms with Crippen LogP contribution in [0.5, 0.6) is 0 Å². The van der Waals surface area contributed by atoms with Crippen molar-refractivity contribution < 1.29 is 52.7 Å². The number of alkyl halides is 12. The van der Waals surface area contributed by atoms with E-state index in [9.17, 15) is 52.7 Å². The monoisotopic (exact) mass is 538 g/mol. The highest BCUT2D eigenvalue weighted by Gasteiger charge is 2.94. The van der Waals surface area contributed by atoms with Crippen molar-refractivity contribution in [2.24, 2.45) is 17.8 Å². The Hall–Kier alpha value is -1.96. The summed E-state index contributed by atoms with van der Waals surface area (Å²) in [5.41, 5.74) is -13.5. The molecule has 36 heavy (non-hydrogen) atoms. The third kappa shape index (κ3) is 2.69. The van der Waals surface area contributed by atoms with Crippen LogP contribution in [0, 0.1) is 17.8 Å². The van der Waals surface area contributed by atoms with Crippen LogP contribution in [0.3, 0.4) is 0 Å². The first kappa shape index (κ1) is 25.7. The molecule has 1 saturated carbocycles. The molecule has 0 spiro atoms. The maximum Gasteiger partial charge on any atom is 0.417 e. The molecule has 2 saturated heterocycles. The van der Waals surface area contributed by atoms with Gasteiger partial charge in [0, 0.05) is 18.4 Å². The van der Waals surface area contributed by atoms with Crippen LogP contribution in [0.25, 0.3) is 0 Å². The molecule has 1 aromatic carbocycles. The van der Waals surface area contributed by atoms with Crippen LogP contribution in [0.1, 0.15) is 25.3 Å². The van der Waals surface area contributed by atoms with Crippen molar-refractivity contribution in [3.05, 3.63) is 48.0 Å². The average molecular weight is 538 g/mol. The van der Waals surface area contributed by atoms with Gasteiger partial charge in [0.05, 0.1) is 5.54 Å². The molecule has 2 bridgehead atoms. The Balaban J connectivity index is 1.95. The van der Waals surface area contributed by atoms with E-state index in [1.807, 2.05) is 0 Å². The average Bonchev–Trinajstić information content (AvgIpc) is 3.43. The Morgan fingerprint density at radius 1 is 0.722 bits per heavy atom. The molecule has 2 aliphatic heterocycles. The van der Waals surface area contributed by atoms with Crippen molar-refractivity contribution in [3.8, 4) is 0 Å². The number of rotatable bonds is 1. The van der Waals surface area contributed by atoms with Gasteiger partial charge in [-0.15, -0.1) is 0 Å². The van der Waals surface area contributed by atoms with Crippen molar-refractivity contribution in [3.63, 3.8) is 0 Å². The lowest BCUT2D eigenvalue weighted by Gasteiger charge is -2.50. The molecule has 0 aromatic heterocycles. The van der Waals surface area contributed by atoms with Crippen LogP contribution in [0.4, 0.5) is 52.7 Å². The first-order valence-electron chi connectivity index (χ1n) is 10.9. The zero-order valence-corrected chi connectivity index (χ0v) is 18.2. The third-order valence-electron chi connectivity index (χ3n) is 8.39. The molecule has 0 unspecified atom stereocenters. The second-order valence-electron chi connectivity index (χ2n) is 10.1. The van der Waals surface area contributed by atoms with Crippen LogP contribution in [-0.4, -0.2) is 51.8 Å². The van der Waals surface area contributed by atoms with Crippen molar-refractivity contribution in [2.75, 3.05) is 0 Å². The lowest BCUT2D eigenvalue weighted by atomic mass is 9.69. The van der Waals surface area contributed by atoms with Crippen molar-refractivity contribution >= 4 is 0 Å². The van der Waals surface area contributed by atoms with Crippen LogP contribution in [0.2, 0.25) is 0 Å². The topological polar surface area (TPSA) is 6.48 Å². The Morgan fingerprint density at radius 2 is 1.22 bits per heavy atom. The Labute approximate surface area is 196 Å². The molecule has 2 nitrogen and oxygen atoms in total. The summed E-state index contributed by atoms with van der Waals surface area (Å²) < 4.78 is 177. The van der Waals surface area contributed by atoms with Gasteiger partial charge in [0.25, 0.3) is 0 Å². The lowest BCUT2D eigenvalue weighted by Crippen LogP contribution is -2.73. The van der Waals surface area contributed by atoms with E-state index in [1.165, 1.54) is 6.07 Å². The van der Waals surface area contributed by atoms with Crippen LogP contribution >= 0.6 is 0 Å². The van der Waals surface area contributed by atoms with Crippen LogP contribution in [-0.2, 0) is 5.54 Å². The first-order valence-corrected chi connectivity index (χ1v) is 10.9. The van der Waals surface area contributed by atoms with Gasteiger partial charge in [0.15, 0.2) is 0 Å². The second-order valence-corrected chi connectivity index (χ2v) is 10.1. The Kier molecular flexibility index (Phi) is 4.93. The molecule has 14 heteroatoms. The summed E-state index contributed by atoms with van der Waals surface area (Å²) in [5, 5.41) is -1.24. The van der Waals surface area contributed by atoms with Gasteiger partial charge in [-0.05, 0) is 30.7 Å². The summed E-state index contributed by atoms with van der Waals surface area (Å²) in [7, 11) is 0. The highest BCUT2D eigenvalue weighted by Crippen LogP contribution is 2.75. The van der Waals surface area contributed by atoms with E-state index in [-0.39, 0.29) is 0 Å². The molecule has 0 N–H and O–H groups in total. The van der Waals surface area contributed by atoms with Gasteiger partial charge in [-0.3, -0.25) is 0 Å². The lowest BCUT2D eigenvalue weighted by molar-refractivity contribution is -0.393. The summed E-state index contributed by atoms with van der Waals surface area (Å²) in [5.74, 6) is -5.48. The fourth-order valence-electron chi connectivity index (χ4n) is 7.26. The van der Waals surface area contributed by atoms with Gasteiger partial charge in [0.2, 0.25) is 11.1 Å². The summed E-state index contributed by atoms with van der Waals surface area (Å²) in [6.07, 6.45) is -25.3. The van der Waals surface area contributed by atoms with Crippen LogP contribution in [0.15, 0.2) is 42.5 Å². The van der Waals surface area contributed by atoms with E-state index in [0.717, 1.165) is 36.4 Å². The number of allylic oxidation sites excluding steroid dienone is 1. The van der Waals surface area contributed by atoms with Gasteiger partial charge in [-0.1, -0.05) is 42.5 Å². The SMILES string of the molecule is C[C@@]1(c2ccccc2)CC(C(F)(F)F)(C(F)(F)F)N2[C@@H]3[C@@H]([C@H]4C=C[C@@H]3C4)C(C(F)(F)F)(C(F)(F)F)N21. The molecule has 2 aliphatic carbocycles. The van der Waals surface area contributed by atoms with Crippen molar-refractivity contribution in [1.29, 1.82) is 0 Å². The highest BCUT2D eigenvalue weighted by atomic mass is 19.4. The van der Waals surface area contributed by atoms with Gasteiger partial charge in [0.1, 0.15) is 0 Å².